The monoisotopic (exact) mass is 408 g/mol. The van der Waals surface area contributed by atoms with Gasteiger partial charge < -0.3 is 5.32 Å². The summed E-state index contributed by atoms with van der Waals surface area (Å²) >= 11 is 5.78. The first-order valence-corrected chi connectivity index (χ1v) is 9.13. The standard InChI is InChI=1S/C16H15ClF2N2O2S.ClH/c17-12-2-4-13(5-3-12)21-24(22,23)14-6-1-10-8-15(16(18)19)20-9-11(10)7-14;/h1-7,15-16,20-21H,8-9H2;1H. The number of fused-ring (bicyclic) bond motifs is 1. The fourth-order valence-corrected chi connectivity index (χ4v) is 3.83. The molecule has 2 aromatic carbocycles. The van der Waals surface area contributed by atoms with E-state index in [1.54, 1.807) is 30.3 Å². The van der Waals surface area contributed by atoms with Gasteiger partial charge in [-0.1, -0.05) is 17.7 Å². The van der Waals surface area contributed by atoms with Crippen LogP contribution in [-0.4, -0.2) is 20.9 Å². The Balaban J connectivity index is 0.00000225. The van der Waals surface area contributed by atoms with Crippen LogP contribution in [0.3, 0.4) is 0 Å². The molecule has 0 aromatic heterocycles. The van der Waals surface area contributed by atoms with Gasteiger partial charge in [0.15, 0.2) is 0 Å². The maximum Gasteiger partial charge on any atom is 0.261 e. The van der Waals surface area contributed by atoms with Crippen LogP contribution in [0, 0.1) is 0 Å². The van der Waals surface area contributed by atoms with E-state index < -0.39 is 22.5 Å². The second-order valence-electron chi connectivity index (χ2n) is 5.57. The molecule has 0 amide bonds. The molecule has 1 unspecified atom stereocenters. The highest BCUT2D eigenvalue weighted by Gasteiger charge is 2.26. The predicted octanol–water partition coefficient (Wildman–Crippen LogP) is 3.84. The summed E-state index contributed by atoms with van der Waals surface area (Å²) in [4.78, 5) is 0.0912. The van der Waals surface area contributed by atoms with E-state index in [9.17, 15) is 17.2 Å². The Morgan fingerprint density at radius 3 is 2.44 bits per heavy atom. The summed E-state index contributed by atoms with van der Waals surface area (Å²) in [5.41, 5.74) is 1.85. The number of hydrogen-bond acceptors (Lipinski definition) is 3. The van der Waals surface area contributed by atoms with Crippen LogP contribution >= 0.6 is 24.0 Å². The zero-order valence-corrected chi connectivity index (χ0v) is 15.3. The average Bonchev–Trinajstić information content (AvgIpc) is 2.55. The van der Waals surface area contributed by atoms with Gasteiger partial charge in [-0.05, 0) is 53.9 Å². The second kappa shape index (κ2) is 7.86. The summed E-state index contributed by atoms with van der Waals surface area (Å²) in [6, 6.07) is 9.95. The van der Waals surface area contributed by atoms with Crippen molar-refractivity contribution in [3.8, 4) is 0 Å². The molecule has 1 aliphatic heterocycles. The third kappa shape index (κ3) is 4.61. The number of anilines is 1. The second-order valence-corrected chi connectivity index (χ2v) is 7.69. The van der Waals surface area contributed by atoms with Crippen molar-refractivity contribution in [2.24, 2.45) is 0 Å². The fraction of sp³-hybridized carbons (Fsp3) is 0.250. The molecule has 9 heteroatoms. The Kier molecular flexibility index (Phi) is 6.26. The topological polar surface area (TPSA) is 58.2 Å². The van der Waals surface area contributed by atoms with Crippen molar-refractivity contribution in [1.82, 2.24) is 5.32 Å². The minimum absolute atomic E-state index is 0. The van der Waals surface area contributed by atoms with Crippen molar-refractivity contribution in [2.75, 3.05) is 4.72 Å². The van der Waals surface area contributed by atoms with Crippen molar-refractivity contribution in [1.29, 1.82) is 0 Å². The minimum Gasteiger partial charge on any atom is -0.304 e. The van der Waals surface area contributed by atoms with Crippen LogP contribution in [0.2, 0.25) is 5.02 Å². The quantitative estimate of drug-likeness (QED) is 0.807. The predicted molar refractivity (Wildman–Crippen MR) is 96.3 cm³/mol. The number of rotatable bonds is 4. The zero-order valence-electron chi connectivity index (χ0n) is 12.9. The first-order valence-electron chi connectivity index (χ1n) is 7.27. The Labute approximate surface area is 156 Å². The van der Waals surface area contributed by atoms with E-state index in [0.717, 1.165) is 5.56 Å². The van der Waals surface area contributed by atoms with Crippen LogP contribution in [0.25, 0.3) is 0 Å². The van der Waals surface area contributed by atoms with Crippen LogP contribution in [0.4, 0.5) is 14.5 Å². The van der Waals surface area contributed by atoms with E-state index in [0.29, 0.717) is 16.3 Å². The average molecular weight is 409 g/mol. The van der Waals surface area contributed by atoms with Crippen LogP contribution < -0.4 is 10.0 Å². The fourth-order valence-electron chi connectivity index (χ4n) is 2.59. The molecule has 136 valence electrons. The molecule has 0 bridgehead atoms. The van der Waals surface area contributed by atoms with Gasteiger partial charge >= 0.3 is 0 Å². The normalized spacial score (nSPS) is 16.9. The molecule has 2 aromatic rings. The lowest BCUT2D eigenvalue weighted by atomic mass is 9.96. The van der Waals surface area contributed by atoms with Gasteiger partial charge in [0.1, 0.15) is 0 Å². The largest absolute Gasteiger partial charge is 0.304 e. The lowest BCUT2D eigenvalue weighted by Crippen LogP contribution is -2.40. The zero-order chi connectivity index (χ0) is 17.3. The molecule has 0 aliphatic carbocycles. The number of alkyl halides is 2. The van der Waals surface area contributed by atoms with Crippen molar-refractivity contribution >= 4 is 39.7 Å². The Hall–Kier alpha value is -1.41. The highest BCUT2D eigenvalue weighted by Crippen LogP contribution is 2.24. The smallest absolute Gasteiger partial charge is 0.261 e. The van der Waals surface area contributed by atoms with Crippen LogP contribution in [0.1, 0.15) is 11.1 Å². The number of hydrogen-bond donors (Lipinski definition) is 2. The third-order valence-corrected chi connectivity index (χ3v) is 5.51. The van der Waals surface area contributed by atoms with Crippen molar-refractivity contribution in [3.05, 3.63) is 58.6 Å². The maximum absolute atomic E-state index is 12.8. The summed E-state index contributed by atoms with van der Waals surface area (Å²) in [6.07, 6.45) is -2.27. The van der Waals surface area contributed by atoms with Crippen molar-refractivity contribution in [2.45, 2.75) is 30.3 Å². The van der Waals surface area contributed by atoms with Gasteiger partial charge in [-0.3, -0.25) is 4.72 Å². The van der Waals surface area contributed by atoms with Gasteiger partial charge in [-0.25, -0.2) is 17.2 Å². The van der Waals surface area contributed by atoms with Crippen molar-refractivity contribution < 1.29 is 17.2 Å². The van der Waals surface area contributed by atoms with Gasteiger partial charge in [-0.15, -0.1) is 12.4 Å². The molecule has 0 spiro atoms. The van der Waals surface area contributed by atoms with E-state index in [-0.39, 0.29) is 30.3 Å². The molecule has 2 N–H and O–H groups in total. The summed E-state index contributed by atoms with van der Waals surface area (Å²) in [7, 11) is -3.76. The van der Waals surface area contributed by atoms with Gasteiger partial charge in [0, 0.05) is 17.3 Å². The van der Waals surface area contributed by atoms with E-state index in [2.05, 4.69) is 10.0 Å². The van der Waals surface area contributed by atoms with Crippen molar-refractivity contribution in [3.63, 3.8) is 0 Å². The molecule has 1 aliphatic rings. The molecule has 3 rings (SSSR count). The summed E-state index contributed by atoms with van der Waals surface area (Å²) < 4.78 is 52.9. The summed E-state index contributed by atoms with van der Waals surface area (Å²) in [6.45, 7) is 0.217. The van der Waals surface area contributed by atoms with Gasteiger partial charge in [0.2, 0.25) is 0 Å². The molecule has 1 atom stereocenters. The third-order valence-electron chi connectivity index (χ3n) is 3.88. The van der Waals surface area contributed by atoms with E-state index in [1.165, 1.54) is 12.1 Å². The van der Waals surface area contributed by atoms with Gasteiger partial charge in [-0.2, -0.15) is 0 Å². The molecule has 1 heterocycles. The van der Waals surface area contributed by atoms with E-state index in [1.807, 2.05) is 0 Å². The molecule has 0 saturated carbocycles. The lowest BCUT2D eigenvalue weighted by molar-refractivity contribution is 0.0941. The van der Waals surface area contributed by atoms with Crippen LogP contribution in [0.5, 0.6) is 0 Å². The maximum atomic E-state index is 12.8. The van der Waals surface area contributed by atoms with E-state index >= 15 is 0 Å². The number of benzene rings is 2. The first kappa shape index (κ1) is 19.9. The Morgan fingerprint density at radius 2 is 1.80 bits per heavy atom. The highest BCUT2D eigenvalue weighted by atomic mass is 35.5. The lowest BCUT2D eigenvalue weighted by Gasteiger charge is -2.26. The number of nitrogens with one attached hydrogen (secondary N) is 2. The Morgan fingerprint density at radius 1 is 1.12 bits per heavy atom. The van der Waals surface area contributed by atoms with Crippen LogP contribution in [-0.2, 0) is 23.0 Å². The SMILES string of the molecule is Cl.O=S(=O)(Nc1ccc(Cl)cc1)c1ccc2c(c1)CNC(C(F)F)C2. The highest BCUT2D eigenvalue weighted by molar-refractivity contribution is 7.92. The summed E-state index contributed by atoms with van der Waals surface area (Å²) in [5.74, 6) is 0. The molecule has 0 saturated heterocycles. The number of halogens is 4. The molecular weight excluding hydrogens is 393 g/mol. The van der Waals surface area contributed by atoms with Gasteiger partial charge in [0.05, 0.1) is 10.9 Å². The molecule has 0 radical (unpaired) electrons. The van der Waals surface area contributed by atoms with Gasteiger partial charge in [0.25, 0.3) is 16.4 Å². The minimum atomic E-state index is -3.76. The number of sulfonamides is 1. The first-order chi connectivity index (χ1) is 11.3. The Bertz CT molecular complexity index is 846. The van der Waals surface area contributed by atoms with E-state index in [4.69, 9.17) is 11.6 Å². The van der Waals surface area contributed by atoms with Crippen LogP contribution in [0.15, 0.2) is 47.4 Å². The molecule has 4 nitrogen and oxygen atoms in total. The molecule has 0 fully saturated rings. The molecule has 25 heavy (non-hydrogen) atoms. The summed E-state index contributed by atoms with van der Waals surface area (Å²) in [5, 5.41) is 3.24. The molecular formula is C16H16Cl2F2N2O2S.